The number of H-pyrrole nitrogens is 1. The van der Waals surface area contributed by atoms with Gasteiger partial charge in [0.2, 0.25) is 0 Å². The molecule has 7 nitrogen and oxygen atoms in total. The predicted molar refractivity (Wildman–Crippen MR) is 104 cm³/mol. The van der Waals surface area contributed by atoms with Gasteiger partial charge in [-0.2, -0.15) is 0 Å². The summed E-state index contributed by atoms with van der Waals surface area (Å²) in [6.07, 6.45) is 1.35. The number of amides is 1. The normalized spacial score (nSPS) is 10.7. The molecule has 0 saturated heterocycles. The van der Waals surface area contributed by atoms with E-state index in [-0.39, 0.29) is 11.5 Å². The molecule has 0 atom stereocenters. The lowest BCUT2D eigenvalue weighted by Gasteiger charge is -2.04. The van der Waals surface area contributed by atoms with Gasteiger partial charge in [-0.25, -0.2) is 9.97 Å². The van der Waals surface area contributed by atoms with Crippen LogP contribution in [0.2, 0.25) is 0 Å². The Morgan fingerprint density at radius 1 is 1.19 bits per heavy atom. The summed E-state index contributed by atoms with van der Waals surface area (Å²) in [7, 11) is 1.61. The first-order chi connectivity index (χ1) is 13.1. The van der Waals surface area contributed by atoms with Crippen LogP contribution in [0.3, 0.4) is 0 Å². The van der Waals surface area contributed by atoms with E-state index < -0.39 is 0 Å². The molecular weight excluding hydrogens is 364 g/mol. The van der Waals surface area contributed by atoms with Gasteiger partial charge in [0.25, 0.3) is 11.5 Å². The molecule has 8 heteroatoms. The number of aromatic nitrogens is 3. The highest BCUT2D eigenvalue weighted by Crippen LogP contribution is 2.26. The number of fused-ring (bicyclic) bond motifs is 1. The molecule has 0 saturated carbocycles. The van der Waals surface area contributed by atoms with Crippen molar-refractivity contribution in [1.82, 2.24) is 15.0 Å². The van der Waals surface area contributed by atoms with E-state index in [1.807, 2.05) is 24.3 Å². The summed E-state index contributed by atoms with van der Waals surface area (Å²) in [4.78, 5) is 35.4. The quantitative estimate of drug-likeness (QED) is 0.568. The minimum absolute atomic E-state index is 0.258. The van der Waals surface area contributed by atoms with Gasteiger partial charge in [-0.15, -0.1) is 11.3 Å². The van der Waals surface area contributed by atoms with Crippen LogP contribution in [0, 0.1) is 0 Å². The number of ether oxygens (including phenoxy) is 1. The maximum Gasteiger partial charge on any atom is 0.275 e. The number of carbonyl (C=O) groups excluding carboxylic acids is 1. The average Bonchev–Trinajstić information content (AvgIpc) is 3.19. The highest BCUT2D eigenvalue weighted by atomic mass is 32.1. The van der Waals surface area contributed by atoms with Crippen molar-refractivity contribution >= 4 is 33.8 Å². The Kier molecular flexibility index (Phi) is 4.39. The summed E-state index contributed by atoms with van der Waals surface area (Å²) in [5, 5.41) is 5.61. The first-order valence-corrected chi connectivity index (χ1v) is 8.91. The number of aromatic amines is 1. The lowest BCUT2D eigenvalue weighted by atomic mass is 10.2. The van der Waals surface area contributed by atoms with Crippen molar-refractivity contribution in [1.29, 1.82) is 0 Å². The molecule has 0 spiro atoms. The minimum Gasteiger partial charge on any atom is -0.497 e. The largest absolute Gasteiger partial charge is 0.497 e. The van der Waals surface area contributed by atoms with Crippen LogP contribution in [-0.2, 0) is 0 Å². The second-order valence-electron chi connectivity index (χ2n) is 5.68. The predicted octanol–water partition coefficient (Wildman–Crippen LogP) is 3.31. The van der Waals surface area contributed by atoms with Crippen LogP contribution in [0.15, 0.2) is 59.0 Å². The van der Waals surface area contributed by atoms with Crippen LogP contribution >= 0.6 is 11.3 Å². The van der Waals surface area contributed by atoms with Gasteiger partial charge in [0.05, 0.1) is 24.3 Å². The molecule has 4 rings (SSSR count). The van der Waals surface area contributed by atoms with Crippen molar-refractivity contribution in [3.8, 4) is 16.3 Å². The fraction of sp³-hybridized carbons (Fsp3) is 0.0526. The van der Waals surface area contributed by atoms with Gasteiger partial charge >= 0.3 is 0 Å². The molecule has 0 aliphatic rings. The number of anilines is 1. The molecule has 0 fully saturated rings. The smallest absolute Gasteiger partial charge is 0.275 e. The van der Waals surface area contributed by atoms with E-state index in [4.69, 9.17) is 4.74 Å². The van der Waals surface area contributed by atoms with Gasteiger partial charge in [-0.3, -0.25) is 9.59 Å². The molecule has 27 heavy (non-hydrogen) atoms. The van der Waals surface area contributed by atoms with Crippen LogP contribution in [0.1, 0.15) is 10.5 Å². The molecule has 0 aliphatic heterocycles. The van der Waals surface area contributed by atoms with E-state index >= 15 is 0 Å². The summed E-state index contributed by atoms with van der Waals surface area (Å²) in [6.45, 7) is 0. The van der Waals surface area contributed by atoms with E-state index in [1.165, 1.54) is 17.7 Å². The second kappa shape index (κ2) is 7.00. The molecule has 0 unspecified atom stereocenters. The standard InChI is InChI=1S/C19H14N4O3S/c1-26-13-5-2-11(3-6-13)19-23-16(9-27-19)18(25)22-12-4-7-15-14(8-12)17(24)21-10-20-15/h2-10H,1H3,(H,22,25)(H,20,21,24). The van der Waals surface area contributed by atoms with Gasteiger partial charge in [0.15, 0.2) is 0 Å². The van der Waals surface area contributed by atoms with Gasteiger partial charge < -0.3 is 15.0 Å². The van der Waals surface area contributed by atoms with Crippen LogP contribution in [-0.4, -0.2) is 28.0 Å². The third kappa shape index (κ3) is 3.42. The Morgan fingerprint density at radius 2 is 2.00 bits per heavy atom. The minimum atomic E-state index is -0.342. The molecule has 4 aromatic rings. The number of nitrogens with one attached hydrogen (secondary N) is 2. The van der Waals surface area contributed by atoms with E-state index in [0.29, 0.717) is 22.3 Å². The van der Waals surface area contributed by atoms with Gasteiger partial charge in [0, 0.05) is 16.6 Å². The monoisotopic (exact) mass is 378 g/mol. The molecule has 134 valence electrons. The zero-order valence-corrected chi connectivity index (χ0v) is 15.0. The van der Waals surface area contributed by atoms with Gasteiger partial charge in [-0.1, -0.05) is 0 Å². The number of thiazole rings is 1. The number of rotatable bonds is 4. The number of methoxy groups -OCH3 is 1. The number of carbonyl (C=O) groups is 1. The van der Waals surface area contributed by atoms with Crippen LogP contribution in [0.5, 0.6) is 5.75 Å². The molecule has 0 aliphatic carbocycles. The van der Waals surface area contributed by atoms with Crippen molar-refractivity contribution in [3.63, 3.8) is 0 Å². The molecule has 1 amide bonds. The zero-order valence-electron chi connectivity index (χ0n) is 14.2. The number of nitrogens with zero attached hydrogens (tertiary/aromatic N) is 2. The molecule has 0 bridgehead atoms. The molecular formula is C19H14N4O3S. The topological polar surface area (TPSA) is 97.0 Å². The van der Waals surface area contributed by atoms with Gasteiger partial charge in [0.1, 0.15) is 16.5 Å². The summed E-state index contributed by atoms with van der Waals surface area (Å²) in [5.41, 5.74) is 2.03. The van der Waals surface area contributed by atoms with Crippen LogP contribution < -0.4 is 15.6 Å². The first kappa shape index (κ1) is 16.9. The fourth-order valence-electron chi connectivity index (χ4n) is 2.59. The Bertz CT molecular complexity index is 1180. The van der Waals surface area contributed by atoms with Crippen molar-refractivity contribution in [3.05, 3.63) is 70.2 Å². The van der Waals surface area contributed by atoms with Crippen molar-refractivity contribution < 1.29 is 9.53 Å². The van der Waals surface area contributed by atoms with Crippen molar-refractivity contribution in [2.24, 2.45) is 0 Å². The number of hydrogen-bond donors (Lipinski definition) is 2. The Hall–Kier alpha value is -3.52. The Labute approximate surface area is 157 Å². The summed E-state index contributed by atoms with van der Waals surface area (Å²) >= 11 is 1.38. The van der Waals surface area contributed by atoms with Gasteiger partial charge in [-0.05, 0) is 42.5 Å². The number of benzene rings is 2. The molecule has 0 radical (unpaired) electrons. The molecule has 2 heterocycles. The maximum absolute atomic E-state index is 12.5. The third-order valence-electron chi connectivity index (χ3n) is 3.97. The first-order valence-electron chi connectivity index (χ1n) is 8.03. The maximum atomic E-state index is 12.5. The highest BCUT2D eigenvalue weighted by molar-refractivity contribution is 7.13. The van der Waals surface area contributed by atoms with E-state index in [1.54, 1.807) is 30.7 Å². The van der Waals surface area contributed by atoms with Crippen molar-refractivity contribution in [2.45, 2.75) is 0 Å². The van der Waals surface area contributed by atoms with Crippen LogP contribution in [0.4, 0.5) is 5.69 Å². The van der Waals surface area contributed by atoms with Crippen LogP contribution in [0.25, 0.3) is 21.5 Å². The lowest BCUT2D eigenvalue weighted by molar-refractivity contribution is 0.102. The Morgan fingerprint density at radius 3 is 2.78 bits per heavy atom. The Balaban J connectivity index is 1.56. The summed E-state index contributed by atoms with van der Waals surface area (Å²) in [5.74, 6) is 0.416. The fourth-order valence-corrected chi connectivity index (χ4v) is 3.39. The molecule has 2 aromatic carbocycles. The highest BCUT2D eigenvalue weighted by Gasteiger charge is 2.13. The third-order valence-corrected chi connectivity index (χ3v) is 4.86. The SMILES string of the molecule is COc1ccc(-c2nc(C(=O)Nc3ccc4nc[nH]c(=O)c4c3)cs2)cc1. The summed E-state index contributed by atoms with van der Waals surface area (Å²) < 4.78 is 5.14. The average molecular weight is 378 g/mol. The zero-order chi connectivity index (χ0) is 18.8. The van der Waals surface area contributed by atoms with E-state index in [2.05, 4.69) is 20.3 Å². The lowest BCUT2D eigenvalue weighted by Crippen LogP contribution is -2.13. The van der Waals surface area contributed by atoms with Crippen molar-refractivity contribution in [2.75, 3.05) is 12.4 Å². The van der Waals surface area contributed by atoms with E-state index in [0.717, 1.165) is 16.3 Å². The van der Waals surface area contributed by atoms with E-state index in [9.17, 15) is 9.59 Å². The second-order valence-corrected chi connectivity index (χ2v) is 6.54. The molecule has 2 aromatic heterocycles. The summed E-state index contributed by atoms with van der Waals surface area (Å²) in [6, 6.07) is 12.4. The molecule has 2 N–H and O–H groups in total. The number of hydrogen-bond acceptors (Lipinski definition) is 6.